The minimum Gasteiger partial charge on any atom is -0.381 e. The quantitative estimate of drug-likeness (QED) is 0.470. The molecule has 4 N–H and O–H groups in total. The largest absolute Gasteiger partial charge is 0.381 e. The second-order valence-corrected chi connectivity index (χ2v) is 7.16. The van der Waals surface area contributed by atoms with E-state index in [0.717, 1.165) is 36.3 Å². The fourth-order valence-corrected chi connectivity index (χ4v) is 3.68. The predicted octanol–water partition coefficient (Wildman–Crippen LogP) is 3.35. The highest BCUT2D eigenvalue weighted by atomic mass is 16.5. The van der Waals surface area contributed by atoms with Crippen molar-refractivity contribution < 1.29 is 9.32 Å². The van der Waals surface area contributed by atoms with Gasteiger partial charge in [-0.15, -0.1) is 0 Å². The van der Waals surface area contributed by atoms with E-state index in [4.69, 9.17) is 20.2 Å². The third-order valence-corrected chi connectivity index (χ3v) is 5.16. The van der Waals surface area contributed by atoms with Crippen molar-refractivity contribution in [2.45, 2.75) is 19.4 Å². The van der Waals surface area contributed by atoms with Crippen LogP contribution in [0.3, 0.4) is 0 Å². The third kappa shape index (κ3) is 3.22. The number of hydrogen-bond donors (Lipinski definition) is 3. The Labute approximate surface area is 172 Å². The predicted molar refractivity (Wildman–Crippen MR) is 114 cm³/mol. The molecule has 0 saturated carbocycles. The zero-order valence-corrected chi connectivity index (χ0v) is 16.2. The number of carbonyl (C=O) groups excluding carboxylic acids is 1. The van der Waals surface area contributed by atoms with E-state index in [0.29, 0.717) is 40.4 Å². The van der Waals surface area contributed by atoms with E-state index in [-0.39, 0.29) is 0 Å². The third-order valence-electron chi connectivity index (χ3n) is 5.16. The molecule has 5 rings (SSSR count). The van der Waals surface area contributed by atoms with Crippen molar-refractivity contribution in [3.8, 4) is 11.6 Å². The number of hydrogen-bond acceptors (Lipinski definition) is 7. The van der Waals surface area contributed by atoms with Crippen molar-refractivity contribution >= 4 is 28.3 Å². The molecule has 1 amide bonds. The first kappa shape index (κ1) is 18.1. The minimum atomic E-state index is -0.554. The fraction of sp³-hybridized carbons (Fsp3) is 0.182. The van der Waals surface area contributed by atoms with Crippen LogP contribution in [0.2, 0.25) is 0 Å². The van der Waals surface area contributed by atoms with E-state index in [1.54, 1.807) is 12.1 Å². The van der Waals surface area contributed by atoms with E-state index < -0.39 is 5.91 Å². The Morgan fingerprint density at radius 1 is 1.13 bits per heavy atom. The number of aryl methyl sites for hydroxylation is 1. The van der Waals surface area contributed by atoms with Crippen LogP contribution in [0.5, 0.6) is 0 Å². The van der Waals surface area contributed by atoms with E-state index in [2.05, 4.69) is 27.9 Å². The van der Waals surface area contributed by atoms with Gasteiger partial charge in [-0.25, -0.2) is 9.97 Å². The van der Waals surface area contributed by atoms with E-state index >= 15 is 0 Å². The van der Waals surface area contributed by atoms with Gasteiger partial charge in [0.05, 0.1) is 22.3 Å². The molecule has 8 nitrogen and oxygen atoms in total. The Morgan fingerprint density at radius 3 is 2.83 bits per heavy atom. The molecule has 0 bridgehead atoms. The van der Waals surface area contributed by atoms with Crippen LogP contribution >= 0.6 is 0 Å². The van der Waals surface area contributed by atoms with Gasteiger partial charge >= 0.3 is 0 Å². The number of fused-ring (bicyclic) bond motifs is 2. The summed E-state index contributed by atoms with van der Waals surface area (Å²) in [6.07, 6.45) is 1.83. The molecular weight excluding hydrogens is 380 g/mol. The molecular formula is C22H20N6O2. The summed E-state index contributed by atoms with van der Waals surface area (Å²) in [4.78, 5) is 21.2. The molecule has 0 atom stereocenters. The lowest BCUT2D eigenvalue weighted by Crippen LogP contribution is -2.17. The van der Waals surface area contributed by atoms with Crippen LogP contribution in [0, 0.1) is 0 Å². The number of aromatic nitrogens is 3. The van der Waals surface area contributed by atoms with Gasteiger partial charge in [-0.3, -0.25) is 4.79 Å². The molecule has 3 heterocycles. The molecule has 30 heavy (non-hydrogen) atoms. The molecule has 2 aromatic heterocycles. The minimum absolute atomic E-state index is 0.310. The zero-order chi connectivity index (χ0) is 20.5. The van der Waals surface area contributed by atoms with Crippen LogP contribution in [0.1, 0.15) is 28.0 Å². The van der Waals surface area contributed by atoms with E-state index in [9.17, 15) is 4.79 Å². The van der Waals surface area contributed by atoms with Gasteiger partial charge in [-0.2, -0.15) is 0 Å². The summed E-state index contributed by atoms with van der Waals surface area (Å²) in [5.41, 5.74) is 9.19. The Kier molecular flexibility index (Phi) is 4.51. The Morgan fingerprint density at radius 2 is 2.00 bits per heavy atom. The number of anilines is 2. The van der Waals surface area contributed by atoms with Gasteiger partial charge < -0.3 is 20.9 Å². The van der Waals surface area contributed by atoms with Crippen molar-refractivity contribution in [1.29, 1.82) is 0 Å². The molecule has 2 aromatic carbocycles. The topological polar surface area (TPSA) is 119 Å². The van der Waals surface area contributed by atoms with Gasteiger partial charge in [-0.1, -0.05) is 41.6 Å². The Hall–Kier alpha value is -3.94. The van der Waals surface area contributed by atoms with Gasteiger partial charge in [0.2, 0.25) is 11.6 Å². The fourth-order valence-electron chi connectivity index (χ4n) is 3.68. The second kappa shape index (κ2) is 7.47. The van der Waals surface area contributed by atoms with Crippen LogP contribution in [0.4, 0.5) is 11.5 Å². The lowest BCUT2D eigenvalue weighted by molar-refractivity contribution is 0.100. The normalized spacial score (nSPS) is 12.9. The summed E-state index contributed by atoms with van der Waals surface area (Å²) in [6, 6.07) is 15.3. The lowest BCUT2D eigenvalue weighted by atomic mass is 10.1. The van der Waals surface area contributed by atoms with E-state index in [1.165, 1.54) is 0 Å². The molecule has 150 valence electrons. The van der Waals surface area contributed by atoms with Gasteiger partial charge in [0.1, 0.15) is 5.52 Å². The highest BCUT2D eigenvalue weighted by Gasteiger charge is 2.23. The van der Waals surface area contributed by atoms with Gasteiger partial charge in [0, 0.05) is 13.1 Å². The molecule has 0 saturated heterocycles. The first-order valence-electron chi connectivity index (χ1n) is 9.82. The average Bonchev–Trinajstić information content (AvgIpc) is 3.22. The monoisotopic (exact) mass is 400 g/mol. The summed E-state index contributed by atoms with van der Waals surface area (Å²) in [7, 11) is 0. The molecule has 0 radical (unpaired) electrons. The average molecular weight is 400 g/mol. The smallest absolute Gasteiger partial charge is 0.251 e. The second-order valence-electron chi connectivity index (χ2n) is 7.16. The zero-order valence-electron chi connectivity index (χ0n) is 16.2. The Balaban J connectivity index is 1.58. The summed E-state index contributed by atoms with van der Waals surface area (Å²) in [6.45, 7) is 1.51. The van der Waals surface area contributed by atoms with Gasteiger partial charge in [0.25, 0.3) is 5.91 Å². The number of primary amides is 1. The van der Waals surface area contributed by atoms with E-state index in [1.807, 2.05) is 24.3 Å². The van der Waals surface area contributed by atoms with Crippen LogP contribution < -0.4 is 16.4 Å². The van der Waals surface area contributed by atoms with Crippen LogP contribution in [0.15, 0.2) is 53.1 Å². The molecule has 1 aliphatic heterocycles. The summed E-state index contributed by atoms with van der Waals surface area (Å²) >= 11 is 0. The number of nitrogens with two attached hydrogens (primary N) is 1. The first-order chi connectivity index (χ1) is 14.7. The Bertz CT molecular complexity index is 1240. The van der Waals surface area contributed by atoms with Crippen LogP contribution in [-0.4, -0.2) is 27.6 Å². The number of rotatable bonds is 5. The molecule has 1 aliphatic rings. The molecule has 0 aliphatic carbocycles. The van der Waals surface area contributed by atoms with Gasteiger partial charge in [0.15, 0.2) is 5.82 Å². The lowest BCUT2D eigenvalue weighted by Gasteiger charge is -2.21. The molecule has 8 heteroatoms. The number of nitrogens with zero attached hydrogens (tertiary/aromatic N) is 3. The standard InChI is InChI=1S/C22H20N6O2/c23-20(29)15-9-4-8-14-17(15)28-30-19(14)22-26-16-10-5-11-24-18(16)21(27-22)25-12-13-6-2-1-3-7-13/h1-4,6-9,24H,5,10-12H2,(H2,23,29)(H,25,26,27). The molecule has 4 aromatic rings. The van der Waals surface area contributed by atoms with Crippen LogP contribution in [0.25, 0.3) is 22.5 Å². The van der Waals surface area contributed by atoms with Crippen molar-refractivity contribution in [3.63, 3.8) is 0 Å². The number of benzene rings is 2. The van der Waals surface area contributed by atoms with Crippen molar-refractivity contribution in [3.05, 3.63) is 65.4 Å². The maximum atomic E-state index is 11.7. The summed E-state index contributed by atoms with van der Waals surface area (Å²) in [5, 5.41) is 11.5. The van der Waals surface area contributed by atoms with Crippen LogP contribution in [-0.2, 0) is 13.0 Å². The summed E-state index contributed by atoms with van der Waals surface area (Å²) < 4.78 is 5.57. The highest BCUT2D eigenvalue weighted by molar-refractivity contribution is 6.07. The SMILES string of the molecule is NC(=O)c1cccc2c(-c3nc4c(c(NCc5ccccc5)n3)NCCC4)onc12. The molecule has 0 unspecified atom stereocenters. The maximum absolute atomic E-state index is 11.7. The highest BCUT2D eigenvalue weighted by Crippen LogP contribution is 2.34. The maximum Gasteiger partial charge on any atom is 0.251 e. The van der Waals surface area contributed by atoms with Crippen molar-refractivity contribution in [2.75, 3.05) is 17.2 Å². The first-order valence-corrected chi connectivity index (χ1v) is 9.82. The number of amides is 1. The van der Waals surface area contributed by atoms with Gasteiger partial charge in [-0.05, 0) is 30.5 Å². The number of carbonyl (C=O) groups is 1. The number of nitrogens with one attached hydrogen (secondary N) is 2. The molecule has 0 fully saturated rings. The summed E-state index contributed by atoms with van der Waals surface area (Å²) in [5.74, 6) is 1.01. The van der Waals surface area contributed by atoms with Crippen molar-refractivity contribution in [2.24, 2.45) is 5.73 Å². The molecule has 0 spiro atoms. The van der Waals surface area contributed by atoms with Crippen molar-refractivity contribution in [1.82, 2.24) is 15.1 Å².